The Morgan fingerprint density at radius 3 is 2.40 bits per heavy atom. The maximum Gasteiger partial charge on any atom is 0.329 e. The number of hydrogen-bond acceptors (Lipinski definition) is 4. The zero-order valence-electron chi connectivity index (χ0n) is 10.5. The molecule has 0 spiro atoms. The Bertz CT molecular complexity index is 967. The van der Waals surface area contributed by atoms with Crippen LogP contribution < -0.4 is 16.8 Å². The highest BCUT2D eigenvalue weighted by Crippen LogP contribution is 2.12. The Morgan fingerprint density at radius 1 is 1.00 bits per heavy atom. The van der Waals surface area contributed by atoms with Crippen molar-refractivity contribution in [2.45, 2.75) is 0 Å². The van der Waals surface area contributed by atoms with E-state index in [0.29, 0.717) is 5.56 Å². The monoisotopic (exact) mass is 270 g/mol. The smallest absolute Gasteiger partial charge is 0.304 e. The minimum atomic E-state index is -0.628. The van der Waals surface area contributed by atoms with Gasteiger partial charge in [0.1, 0.15) is 11.3 Å². The van der Waals surface area contributed by atoms with Crippen LogP contribution in [-0.2, 0) is 7.05 Å². The molecule has 2 N–H and O–H groups in total. The number of aryl methyl sites for hydroxylation is 1. The van der Waals surface area contributed by atoms with Crippen LogP contribution in [0.3, 0.4) is 0 Å². The molecule has 2 aromatic heterocycles. The lowest BCUT2D eigenvalue weighted by Crippen LogP contribution is -2.31. The average Bonchev–Trinajstić information content (AvgIpc) is 2.45. The van der Waals surface area contributed by atoms with Gasteiger partial charge in [-0.25, -0.2) is 9.78 Å². The minimum Gasteiger partial charge on any atom is -0.304 e. The van der Waals surface area contributed by atoms with Gasteiger partial charge in [0.15, 0.2) is 5.52 Å². The van der Waals surface area contributed by atoms with Crippen LogP contribution in [0.4, 0.5) is 0 Å². The molecule has 3 rings (SSSR count). The topological polar surface area (TPSA) is 101 Å². The molecule has 0 unspecified atom stereocenters. The maximum atomic E-state index is 12.1. The van der Waals surface area contributed by atoms with Gasteiger partial charge in [0.25, 0.3) is 11.1 Å². The van der Waals surface area contributed by atoms with Gasteiger partial charge >= 0.3 is 5.69 Å². The van der Waals surface area contributed by atoms with Crippen LogP contribution in [0.25, 0.3) is 22.4 Å². The molecule has 1 aromatic carbocycles. The van der Waals surface area contributed by atoms with Gasteiger partial charge in [0.05, 0.1) is 0 Å². The van der Waals surface area contributed by atoms with Crippen LogP contribution in [0.5, 0.6) is 0 Å². The molecule has 0 saturated heterocycles. The Morgan fingerprint density at radius 2 is 1.70 bits per heavy atom. The van der Waals surface area contributed by atoms with E-state index in [0.717, 1.165) is 4.57 Å². The summed E-state index contributed by atoms with van der Waals surface area (Å²) in [5.41, 5.74) is -0.826. The number of H-pyrrole nitrogens is 2. The summed E-state index contributed by atoms with van der Waals surface area (Å²) in [5, 5.41) is 0. The van der Waals surface area contributed by atoms with Crippen LogP contribution in [0, 0.1) is 0 Å². The fraction of sp³-hybridized carbons (Fsp3) is 0.0769. The molecule has 0 aliphatic carbocycles. The van der Waals surface area contributed by atoms with E-state index < -0.39 is 16.8 Å². The predicted octanol–water partition coefficient (Wildman–Crippen LogP) is -0.0229. The summed E-state index contributed by atoms with van der Waals surface area (Å²) < 4.78 is 1.14. The zero-order valence-corrected chi connectivity index (χ0v) is 10.5. The third-order valence-corrected chi connectivity index (χ3v) is 3.02. The molecule has 0 aliphatic heterocycles. The number of benzene rings is 1. The van der Waals surface area contributed by atoms with E-state index in [1.54, 1.807) is 24.3 Å². The molecular weight excluding hydrogens is 260 g/mol. The summed E-state index contributed by atoms with van der Waals surface area (Å²) >= 11 is 0. The standard InChI is InChI=1S/C13H10N4O3/c1-17-10-9(12(19)16-13(17)20)14-8(11(18)15-10)7-5-3-2-4-6-7/h2-6H,1H3,(H,15,18)(H,16,19,20). The van der Waals surface area contributed by atoms with E-state index in [9.17, 15) is 14.4 Å². The first-order valence-electron chi connectivity index (χ1n) is 5.86. The van der Waals surface area contributed by atoms with Gasteiger partial charge < -0.3 is 4.98 Å². The highest BCUT2D eigenvalue weighted by molar-refractivity contribution is 5.72. The van der Waals surface area contributed by atoms with Crippen molar-refractivity contribution < 1.29 is 0 Å². The summed E-state index contributed by atoms with van der Waals surface area (Å²) in [4.78, 5) is 44.1. The van der Waals surface area contributed by atoms with Crippen molar-refractivity contribution in [3.63, 3.8) is 0 Å². The molecule has 0 radical (unpaired) electrons. The first-order valence-corrected chi connectivity index (χ1v) is 5.86. The van der Waals surface area contributed by atoms with Gasteiger partial charge in [-0.15, -0.1) is 0 Å². The average molecular weight is 270 g/mol. The van der Waals surface area contributed by atoms with Crippen molar-refractivity contribution in [2.75, 3.05) is 0 Å². The highest BCUT2D eigenvalue weighted by atomic mass is 16.2. The van der Waals surface area contributed by atoms with E-state index in [-0.39, 0.29) is 16.9 Å². The van der Waals surface area contributed by atoms with Crippen LogP contribution in [0.2, 0.25) is 0 Å². The molecule has 0 saturated carbocycles. The summed E-state index contributed by atoms with van der Waals surface area (Å²) in [6.07, 6.45) is 0. The van der Waals surface area contributed by atoms with Crippen LogP contribution in [0.15, 0.2) is 44.7 Å². The largest absolute Gasteiger partial charge is 0.329 e. The molecule has 0 aliphatic rings. The third-order valence-electron chi connectivity index (χ3n) is 3.02. The number of fused-ring (bicyclic) bond motifs is 1. The van der Waals surface area contributed by atoms with Crippen LogP contribution in [-0.4, -0.2) is 19.5 Å². The van der Waals surface area contributed by atoms with Crippen molar-refractivity contribution >= 4 is 11.2 Å². The Balaban J connectivity index is 2.45. The van der Waals surface area contributed by atoms with E-state index >= 15 is 0 Å². The third kappa shape index (κ3) is 1.76. The van der Waals surface area contributed by atoms with Gasteiger partial charge in [-0.3, -0.25) is 19.1 Å². The summed E-state index contributed by atoms with van der Waals surface area (Å²) in [6, 6.07) is 8.80. The number of nitrogens with one attached hydrogen (secondary N) is 2. The van der Waals surface area contributed by atoms with Crippen LogP contribution >= 0.6 is 0 Å². The lowest BCUT2D eigenvalue weighted by Gasteiger charge is -2.05. The van der Waals surface area contributed by atoms with Gasteiger partial charge in [-0.1, -0.05) is 30.3 Å². The zero-order chi connectivity index (χ0) is 14.3. The van der Waals surface area contributed by atoms with Crippen molar-refractivity contribution in [1.29, 1.82) is 0 Å². The molecule has 0 fully saturated rings. The Kier molecular flexibility index (Phi) is 2.60. The van der Waals surface area contributed by atoms with E-state index in [4.69, 9.17) is 0 Å². The number of aromatic nitrogens is 4. The van der Waals surface area contributed by atoms with Gasteiger partial charge in [0, 0.05) is 12.6 Å². The fourth-order valence-corrected chi connectivity index (χ4v) is 1.98. The second-order valence-electron chi connectivity index (χ2n) is 4.30. The summed E-state index contributed by atoms with van der Waals surface area (Å²) in [5.74, 6) is 0. The summed E-state index contributed by atoms with van der Waals surface area (Å²) in [6.45, 7) is 0. The SMILES string of the molecule is Cn1c(=O)[nH]c(=O)c2nc(-c3ccccc3)c(=O)[nH]c21. The van der Waals surface area contributed by atoms with Crippen molar-refractivity contribution in [3.8, 4) is 11.3 Å². The van der Waals surface area contributed by atoms with Gasteiger partial charge in [0.2, 0.25) is 0 Å². The molecule has 7 nitrogen and oxygen atoms in total. The van der Waals surface area contributed by atoms with E-state index in [1.807, 2.05) is 6.07 Å². The molecule has 100 valence electrons. The second kappa shape index (κ2) is 4.30. The first kappa shape index (κ1) is 12.1. The van der Waals surface area contributed by atoms with E-state index in [2.05, 4.69) is 15.0 Å². The maximum absolute atomic E-state index is 12.1. The molecule has 20 heavy (non-hydrogen) atoms. The Labute approximate surface area is 111 Å². The van der Waals surface area contributed by atoms with Crippen molar-refractivity contribution in [3.05, 3.63) is 61.5 Å². The molecular formula is C13H10N4O3. The molecule has 3 aromatic rings. The lowest BCUT2D eigenvalue weighted by molar-refractivity contribution is 0.821. The van der Waals surface area contributed by atoms with Crippen molar-refractivity contribution in [1.82, 2.24) is 19.5 Å². The number of aromatic amines is 2. The molecule has 0 bridgehead atoms. The predicted molar refractivity (Wildman–Crippen MR) is 73.7 cm³/mol. The number of hydrogen-bond donors (Lipinski definition) is 2. The molecule has 0 amide bonds. The lowest BCUT2D eigenvalue weighted by atomic mass is 10.1. The van der Waals surface area contributed by atoms with Crippen LogP contribution in [0.1, 0.15) is 0 Å². The molecule has 0 atom stereocenters. The van der Waals surface area contributed by atoms with Gasteiger partial charge in [-0.05, 0) is 0 Å². The first-order chi connectivity index (χ1) is 9.58. The number of nitrogens with zero attached hydrogens (tertiary/aromatic N) is 2. The summed E-state index contributed by atoms with van der Waals surface area (Å²) in [7, 11) is 1.44. The Hall–Kier alpha value is -2.96. The van der Waals surface area contributed by atoms with Crippen molar-refractivity contribution in [2.24, 2.45) is 7.05 Å². The highest BCUT2D eigenvalue weighted by Gasteiger charge is 2.12. The quantitative estimate of drug-likeness (QED) is 0.648. The molecule has 2 heterocycles. The van der Waals surface area contributed by atoms with Gasteiger partial charge in [-0.2, -0.15) is 0 Å². The molecule has 7 heteroatoms. The minimum absolute atomic E-state index is 0.0190. The fourth-order valence-electron chi connectivity index (χ4n) is 1.98. The normalized spacial score (nSPS) is 10.8. The second-order valence-corrected chi connectivity index (χ2v) is 4.30. The number of rotatable bonds is 1. The van der Waals surface area contributed by atoms with E-state index in [1.165, 1.54) is 7.05 Å².